The Balaban J connectivity index is 1.72. The number of nitrogens with one attached hydrogen (secondary N) is 1. The van der Waals surface area contributed by atoms with Crippen LogP contribution in [0, 0.1) is 0 Å². The van der Waals surface area contributed by atoms with Crippen LogP contribution in [0.5, 0.6) is 0 Å². The fourth-order valence-corrected chi connectivity index (χ4v) is 4.78. The Hall–Kier alpha value is -2.26. The van der Waals surface area contributed by atoms with Crippen molar-refractivity contribution in [3.8, 4) is 11.3 Å². The molecule has 0 amide bonds. The Bertz CT molecular complexity index is 1220. The van der Waals surface area contributed by atoms with E-state index in [2.05, 4.69) is 9.82 Å². The zero-order valence-corrected chi connectivity index (χ0v) is 17.4. The second-order valence-electron chi connectivity index (χ2n) is 6.10. The second kappa shape index (κ2) is 7.63. The number of imidazole rings is 1. The summed E-state index contributed by atoms with van der Waals surface area (Å²) in [6.07, 6.45) is 0.796. The van der Waals surface area contributed by atoms with Gasteiger partial charge in [-0.3, -0.25) is 0 Å². The molecule has 4 rings (SSSR count). The van der Waals surface area contributed by atoms with E-state index in [1.54, 1.807) is 16.6 Å². The molecule has 0 aliphatic rings. The first-order valence-corrected chi connectivity index (χ1v) is 11.3. The van der Waals surface area contributed by atoms with Gasteiger partial charge in [-0.2, -0.15) is 5.10 Å². The molecule has 0 unspecified atom stereocenters. The van der Waals surface area contributed by atoms with E-state index in [1.165, 1.54) is 23.5 Å². The molecule has 0 aliphatic carbocycles. The summed E-state index contributed by atoms with van der Waals surface area (Å²) >= 11 is 7.36. The zero-order valence-electron chi connectivity index (χ0n) is 15.0. The summed E-state index contributed by atoms with van der Waals surface area (Å²) < 4.78 is 29.8. The van der Waals surface area contributed by atoms with Crippen LogP contribution in [0.1, 0.15) is 17.6 Å². The van der Waals surface area contributed by atoms with Gasteiger partial charge in [0.2, 0.25) is 15.0 Å². The van der Waals surface area contributed by atoms with E-state index >= 15 is 0 Å². The lowest BCUT2D eigenvalue weighted by Crippen LogP contribution is -2.24. The van der Waals surface area contributed by atoms with Gasteiger partial charge in [-0.05, 0) is 30.7 Å². The van der Waals surface area contributed by atoms with Gasteiger partial charge in [0.25, 0.3) is 0 Å². The first-order chi connectivity index (χ1) is 13.5. The predicted molar refractivity (Wildman–Crippen MR) is 111 cm³/mol. The highest BCUT2D eigenvalue weighted by atomic mass is 35.5. The third-order valence-corrected chi connectivity index (χ3v) is 6.96. The standard InChI is InChI=1S/C19H17ClN4O2S2/c1-2-17-23-24-16(12-21-28(25,26)15-10-8-14(20)9-11-15)18(22-19(24)27-17)13-6-4-3-5-7-13/h3-11,21H,2,12H2,1H3. The smallest absolute Gasteiger partial charge is 0.217 e. The maximum absolute atomic E-state index is 12.7. The summed E-state index contributed by atoms with van der Waals surface area (Å²) in [5.74, 6) is 0. The second-order valence-corrected chi connectivity index (χ2v) is 9.34. The lowest BCUT2D eigenvalue weighted by Gasteiger charge is -2.08. The normalized spacial score (nSPS) is 11.9. The Kier molecular flexibility index (Phi) is 5.20. The van der Waals surface area contributed by atoms with Crippen LogP contribution in [-0.4, -0.2) is 23.0 Å². The zero-order chi connectivity index (χ0) is 19.7. The number of rotatable bonds is 6. The molecule has 0 saturated carbocycles. The highest BCUT2D eigenvalue weighted by Crippen LogP contribution is 2.27. The van der Waals surface area contributed by atoms with Crippen LogP contribution in [0.15, 0.2) is 59.5 Å². The summed E-state index contributed by atoms with van der Waals surface area (Å²) in [5.41, 5.74) is 2.34. The fourth-order valence-electron chi connectivity index (χ4n) is 2.82. The molecule has 2 heterocycles. The number of nitrogens with zero attached hydrogens (tertiary/aromatic N) is 3. The summed E-state index contributed by atoms with van der Waals surface area (Å²) in [4.78, 5) is 5.61. The number of benzene rings is 2. The number of fused-ring (bicyclic) bond motifs is 1. The molecule has 1 N–H and O–H groups in total. The molecule has 0 atom stereocenters. The molecule has 0 spiro atoms. The Morgan fingerprint density at radius 2 is 1.82 bits per heavy atom. The van der Waals surface area contributed by atoms with Crippen molar-refractivity contribution in [1.29, 1.82) is 0 Å². The maximum Gasteiger partial charge on any atom is 0.240 e. The topological polar surface area (TPSA) is 76.4 Å². The van der Waals surface area contributed by atoms with Crippen LogP contribution in [0.3, 0.4) is 0 Å². The lowest BCUT2D eigenvalue weighted by atomic mass is 10.1. The van der Waals surface area contributed by atoms with Crippen molar-refractivity contribution in [3.05, 3.63) is 70.3 Å². The molecule has 6 nitrogen and oxygen atoms in total. The molecule has 0 saturated heterocycles. The SMILES string of the molecule is CCc1nn2c(CNS(=O)(=O)c3ccc(Cl)cc3)c(-c3ccccc3)nc2s1. The van der Waals surface area contributed by atoms with Gasteiger partial charge in [-0.25, -0.2) is 22.6 Å². The third-order valence-electron chi connectivity index (χ3n) is 4.24. The van der Waals surface area contributed by atoms with E-state index in [4.69, 9.17) is 16.6 Å². The lowest BCUT2D eigenvalue weighted by molar-refractivity contribution is 0.579. The van der Waals surface area contributed by atoms with Crippen molar-refractivity contribution < 1.29 is 8.42 Å². The van der Waals surface area contributed by atoms with E-state index in [1.807, 2.05) is 37.3 Å². The summed E-state index contributed by atoms with van der Waals surface area (Å²) in [6, 6.07) is 15.7. The van der Waals surface area contributed by atoms with Gasteiger partial charge in [0.15, 0.2) is 0 Å². The molecule has 0 bridgehead atoms. The quantitative estimate of drug-likeness (QED) is 0.496. The molecule has 9 heteroatoms. The minimum Gasteiger partial charge on any atom is -0.217 e. The molecule has 0 fully saturated rings. The van der Waals surface area contributed by atoms with E-state index < -0.39 is 10.0 Å². The third kappa shape index (κ3) is 3.68. The molecular formula is C19H17ClN4O2S2. The maximum atomic E-state index is 12.7. The van der Waals surface area contributed by atoms with Crippen LogP contribution in [0.4, 0.5) is 0 Å². The van der Waals surface area contributed by atoms with Crippen LogP contribution in [-0.2, 0) is 23.0 Å². The molecule has 28 heavy (non-hydrogen) atoms. The molecule has 4 aromatic rings. The van der Waals surface area contributed by atoms with E-state index in [9.17, 15) is 8.42 Å². The van der Waals surface area contributed by atoms with Gasteiger partial charge >= 0.3 is 0 Å². The fraction of sp³-hybridized carbons (Fsp3) is 0.158. The van der Waals surface area contributed by atoms with Gasteiger partial charge in [0, 0.05) is 10.6 Å². The van der Waals surface area contributed by atoms with E-state index in [-0.39, 0.29) is 11.4 Å². The average Bonchev–Trinajstić information content (AvgIpc) is 3.25. The van der Waals surface area contributed by atoms with E-state index in [0.29, 0.717) is 10.7 Å². The van der Waals surface area contributed by atoms with Crippen molar-refractivity contribution in [2.75, 3.05) is 0 Å². The highest BCUT2D eigenvalue weighted by Gasteiger charge is 2.21. The van der Waals surface area contributed by atoms with Gasteiger partial charge in [-0.1, -0.05) is 60.2 Å². The summed E-state index contributed by atoms with van der Waals surface area (Å²) in [7, 11) is -3.69. The van der Waals surface area contributed by atoms with Crippen molar-refractivity contribution in [3.63, 3.8) is 0 Å². The van der Waals surface area contributed by atoms with Gasteiger partial charge in [0.05, 0.1) is 22.8 Å². The summed E-state index contributed by atoms with van der Waals surface area (Å²) in [5, 5.41) is 6.01. The Morgan fingerprint density at radius 3 is 2.50 bits per heavy atom. The molecule has 144 valence electrons. The first kappa shape index (κ1) is 19.1. The number of aryl methyl sites for hydroxylation is 1. The van der Waals surface area contributed by atoms with Crippen molar-refractivity contribution in [2.24, 2.45) is 0 Å². The number of halogens is 1. The van der Waals surface area contributed by atoms with Crippen LogP contribution in [0.2, 0.25) is 5.02 Å². The van der Waals surface area contributed by atoms with Crippen LogP contribution < -0.4 is 4.72 Å². The van der Waals surface area contributed by atoms with E-state index in [0.717, 1.165) is 27.6 Å². The molecule has 2 aromatic heterocycles. The molecule has 0 radical (unpaired) electrons. The first-order valence-electron chi connectivity index (χ1n) is 8.66. The van der Waals surface area contributed by atoms with Gasteiger partial charge in [0.1, 0.15) is 5.01 Å². The average molecular weight is 433 g/mol. The minimum atomic E-state index is -3.69. The van der Waals surface area contributed by atoms with Crippen molar-refractivity contribution >= 4 is 37.9 Å². The van der Waals surface area contributed by atoms with Crippen LogP contribution >= 0.6 is 22.9 Å². The predicted octanol–water partition coefficient (Wildman–Crippen LogP) is 4.15. The van der Waals surface area contributed by atoms with Crippen molar-refractivity contribution in [1.82, 2.24) is 19.3 Å². The Morgan fingerprint density at radius 1 is 1.11 bits per heavy atom. The minimum absolute atomic E-state index is 0.0727. The number of hydrogen-bond acceptors (Lipinski definition) is 5. The molecule has 0 aliphatic heterocycles. The highest BCUT2D eigenvalue weighted by molar-refractivity contribution is 7.89. The van der Waals surface area contributed by atoms with Gasteiger partial charge < -0.3 is 0 Å². The Labute approximate surface area is 171 Å². The van der Waals surface area contributed by atoms with Gasteiger partial charge in [-0.15, -0.1) is 0 Å². The summed E-state index contributed by atoms with van der Waals surface area (Å²) in [6.45, 7) is 2.10. The number of sulfonamides is 1. The molecular weight excluding hydrogens is 416 g/mol. The number of aromatic nitrogens is 3. The van der Waals surface area contributed by atoms with Crippen molar-refractivity contribution in [2.45, 2.75) is 24.8 Å². The largest absolute Gasteiger partial charge is 0.240 e. The van der Waals surface area contributed by atoms with Crippen LogP contribution in [0.25, 0.3) is 16.2 Å². The monoisotopic (exact) mass is 432 g/mol. The molecule has 2 aromatic carbocycles. The number of hydrogen-bond donors (Lipinski definition) is 1.